The van der Waals surface area contributed by atoms with Gasteiger partial charge >= 0.3 is 12.3 Å². The van der Waals surface area contributed by atoms with Crippen molar-refractivity contribution >= 4 is 45.9 Å². The van der Waals surface area contributed by atoms with Crippen molar-refractivity contribution < 1.29 is 37.3 Å². The third-order valence-corrected chi connectivity index (χ3v) is 6.64. The van der Waals surface area contributed by atoms with E-state index < -0.39 is 30.0 Å². The number of carbonyl (C=O) groups is 2. The first-order chi connectivity index (χ1) is 18.4. The molecule has 204 valence electrons. The van der Waals surface area contributed by atoms with Crippen molar-refractivity contribution in [2.24, 2.45) is 0 Å². The number of rotatable bonds is 9. The van der Waals surface area contributed by atoms with Crippen LogP contribution in [0.15, 0.2) is 60.7 Å². The minimum Gasteiger partial charge on any atom is -0.479 e. The lowest BCUT2D eigenvalue weighted by Crippen LogP contribution is -2.25. The van der Waals surface area contributed by atoms with Crippen LogP contribution in [0, 0.1) is 6.92 Å². The number of hydrogen-bond acceptors (Lipinski definition) is 4. The topological polar surface area (TPSA) is 77.8 Å². The molecule has 0 aliphatic rings. The molecule has 0 radical (unpaired) electrons. The van der Waals surface area contributed by atoms with E-state index in [2.05, 4.69) is 4.74 Å². The fourth-order valence-electron chi connectivity index (χ4n) is 4.32. The van der Waals surface area contributed by atoms with Gasteiger partial charge in [-0.05, 0) is 61.4 Å². The Kier molecular flexibility index (Phi) is 8.13. The van der Waals surface area contributed by atoms with Gasteiger partial charge in [-0.25, -0.2) is 4.79 Å². The number of carbonyl (C=O) groups excluding carboxylic acids is 1. The van der Waals surface area contributed by atoms with Gasteiger partial charge < -0.3 is 19.1 Å². The van der Waals surface area contributed by atoms with Crippen molar-refractivity contribution in [3.05, 3.63) is 93.1 Å². The highest BCUT2D eigenvalue weighted by Crippen LogP contribution is 2.35. The molecule has 4 rings (SSSR count). The summed E-state index contributed by atoms with van der Waals surface area (Å²) in [6.45, 7) is 3.50. The number of aromatic nitrogens is 1. The van der Waals surface area contributed by atoms with Gasteiger partial charge in [0.1, 0.15) is 11.5 Å². The van der Waals surface area contributed by atoms with E-state index in [0.717, 1.165) is 6.07 Å². The molecule has 0 aliphatic carbocycles. The predicted molar refractivity (Wildman–Crippen MR) is 141 cm³/mol. The summed E-state index contributed by atoms with van der Waals surface area (Å²) in [7, 11) is 0. The van der Waals surface area contributed by atoms with Crippen LogP contribution in [-0.2, 0) is 11.3 Å². The summed E-state index contributed by atoms with van der Waals surface area (Å²) >= 11 is 12.3. The van der Waals surface area contributed by atoms with Crippen molar-refractivity contribution in [3.8, 4) is 11.5 Å². The second-order valence-corrected chi connectivity index (χ2v) is 9.57. The van der Waals surface area contributed by atoms with Crippen LogP contribution in [0.1, 0.15) is 40.5 Å². The average molecular weight is 580 g/mol. The summed E-state index contributed by atoms with van der Waals surface area (Å²) in [5.74, 6) is -1.65. The maximum Gasteiger partial charge on any atom is 0.573 e. The molecule has 1 N–H and O–H groups in total. The first-order valence-electron chi connectivity index (χ1n) is 11.7. The molecule has 6 nitrogen and oxygen atoms in total. The highest BCUT2D eigenvalue weighted by atomic mass is 35.5. The minimum atomic E-state index is -4.90. The molecular formula is C28H22Cl2F3NO5. The number of carboxylic acid groups (broad SMARTS) is 1. The van der Waals surface area contributed by atoms with E-state index in [1.807, 2.05) is 0 Å². The molecule has 0 saturated carbocycles. The van der Waals surface area contributed by atoms with E-state index in [4.69, 9.17) is 27.9 Å². The lowest BCUT2D eigenvalue weighted by Gasteiger charge is -2.15. The molecule has 39 heavy (non-hydrogen) atoms. The van der Waals surface area contributed by atoms with Gasteiger partial charge in [0.2, 0.25) is 0 Å². The summed E-state index contributed by atoms with van der Waals surface area (Å²) in [6.07, 6.45) is -5.69. The van der Waals surface area contributed by atoms with Crippen LogP contribution in [-0.4, -0.2) is 33.9 Å². The minimum absolute atomic E-state index is 0.138. The standard InChI is InChI=1S/C28H22Cl2F3NO5/c1-3-24(27(36)37)38-18-6-4-5-16(11-18)14-34-15(2)25(26(35)20-9-7-17(29)12-22(20)30)21-10-8-19(13-23(21)34)39-28(31,32)33/h4-13,24H,3,14H2,1-2H3,(H,36,37). The first-order valence-corrected chi connectivity index (χ1v) is 12.5. The van der Waals surface area contributed by atoms with Gasteiger partial charge in [0.25, 0.3) is 0 Å². The number of nitrogens with zero attached hydrogens (tertiary/aromatic N) is 1. The summed E-state index contributed by atoms with van der Waals surface area (Å²) in [5.41, 5.74) is 1.92. The van der Waals surface area contributed by atoms with Crippen LogP contribution in [0.4, 0.5) is 13.2 Å². The van der Waals surface area contributed by atoms with Crippen molar-refractivity contribution in [1.29, 1.82) is 0 Å². The van der Waals surface area contributed by atoms with E-state index >= 15 is 0 Å². The highest BCUT2D eigenvalue weighted by molar-refractivity contribution is 6.38. The Labute approximate surface area is 231 Å². The van der Waals surface area contributed by atoms with Gasteiger partial charge in [-0.1, -0.05) is 42.3 Å². The van der Waals surface area contributed by atoms with E-state index in [-0.39, 0.29) is 29.1 Å². The Balaban J connectivity index is 1.82. The summed E-state index contributed by atoms with van der Waals surface area (Å²) in [6, 6.07) is 14.9. The zero-order chi connectivity index (χ0) is 28.5. The Bertz CT molecular complexity index is 1570. The van der Waals surface area contributed by atoms with E-state index in [9.17, 15) is 27.9 Å². The molecular weight excluding hydrogens is 558 g/mol. The summed E-state index contributed by atoms with van der Waals surface area (Å²) < 4.78 is 50.3. The molecule has 1 unspecified atom stereocenters. The zero-order valence-electron chi connectivity index (χ0n) is 20.7. The number of fused-ring (bicyclic) bond motifs is 1. The third-order valence-electron chi connectivity index (χ3n) is 6.10. The Hall–Kier alpha value is -3.69. The highest BCUT2D eigenvalue weighted by Gasteiger charge is 2.32. The molecule has 0 fully saturated rings. The monoisotopic (exact) mass is 579 g/mol. The van der Waals surface area contributed by atoms with Gasteiger partial charge in [0.05, 0.1) is 16.1 Å². The second kappa shape index (κ2) is 11.2. The van der Waals surface area contributed by atoms with Crippen LogP contribution in [0.5, 0.6) is 11.5 Å². The largest absolute Gasteiger partial charge is 0.573 e. The summed E-state index contributed by atoms with van der Waals surface area (Å²) in [4.78, 5) is 25.0. The SMILES string of the molecule is CCC(Oc1cccc(Cn2c(C)c(C(=O)c3ccc(Cl)cc3Cl)c3ccc(OC(F)(F)F)cc32)c1)C(=O)O. The number of aliphatic carboxylic acids is 1. The molecule has 1 aromatic heterocycles. The maximum atomic E-state index is 13.6. The average Bonchev–Trinajstić information content (AvgIpc) is 3.11. The number of carboxylic acids is 1. The second-order valence-electron chi connectivity index (χ2n) is 8.73. The van der Waals surface area contributed by atoms with E-state index in [1.54, 1.807) is 42.7 Å². The third kappa shape index (κ3) is 6.32. The molecule has 0 aliphatic heterocycles. The normalized spacial score (nSPS) is 12.4. The molecule has 0 bridgehead atoms. The lowest BCUT2D eigenvalue weighted by molar-refractivity contribution is -0.274. The predicted octanol–water partition coefficient (Wildman–Crippen LogP) is 7.68. The fraction of sp³-hybridized carbons (Fsp3) is 0.214. The van der Waals surface area contributed by atoms with Gasteiger partial charge in [-0.2, -0.15) is 0 Å². The van der Waals surface area contributed by atoms with Crippen molar-refractivity contribution in [2.75, 3.05) is 0 Å². The fourth-order valence-corrected chi connectivity index (χ4v) is 4.82. The number of ketones is 1. The van der Waals surface area contributed by atoms with Crippen molar-refractivity contribution in [3.63, 3.8) is 0 Å². The van der Waals surface area contributed by atoms with E-state index in [0.29, 0.717) is 32.9 Å². The Morgan fingerprint density at radius 2 is 1.77 bits per heavy atom. The number of halogens is 5. The molecule has 3 aromatic carbocycles. The quantitative estimate of drug-likeness (QED) is 0.206. The lowest BCUT2D eigenvalue weighted by atomic mass is 10.0. The molecule has 0 spiro atoms. The van der Waals surface area contributed by atoms with E-state index in [1.165, 1.54) is 30.3 Å². The molecule has 1 atom stereocenters. The number of benzene rings is 3. The molecule has 0 amide bonds. The van der Waals surface area contributed by atoms with Gasteiger partial charge in [0.15, 0.2) is 11.9 Å². The number of hydrogen-bond donors (Lipinski definition) is 1. The Morgan fingerprint density at radius 1 is 1.03 bits per heavy atom. The smallest absolute Gasteiger partial charge is 0.479 e. The van der Waals surface area contributed by atoms with Crippen LogP contribution < -0.4 is 9.47 Å². The molecule has 0 saturated heterocycles. The summed E-state index contributed by atoms with van der Waals surface area (Å²) in [5, 5.41) is 10.2. The van der Waals surface area contributed by atoms with Crippen molar-refractivity contribution in [1.82, 2.24) is 4.57 Å². The van der Waals surface area contributed by atoms with Crippen LogP contribution in [0.25, 0.3) is 10.9 Å². The Morgan fingerprint density at radius 3 is 2.41 bits per heavy atom. The van der Waals surface area contributed by atoms with Gasteiger partial charge in [-0.15, -0.1) is 13.2 Å². The van der Waals surface area contributed by atoms with Crippen LogP contribution in [0.2, 0.25) is 10.0 Å². The van der Waals surface area contributed by atoms with Crippen LogP contribution in [0.3, 0.4) is 0 Å². The van der Waals surface area contributed by atoms with Gasteiger partial charge in [-0.3, -0.25) is 4.79 Å². The number of alkyl halides is 3. The zero-order valence-corrected chi connectivity index (χ0v) is 22.2. The van der Waals surface area contributed by atoms with Crippen molar-refractivity contribution in [2.45, 2.75) is 39.3 Å². The number of ether oxygens (including phenoxy) is 2. The van der Waals surface area contributed by atoms with Crippen LogP contribution >= 0.6 is 23.2 Å². The maximum absolute atomic E-state index is 13.6. The molecule has 1 heterocycles. The first kappa shape index (κ1) is 28.3. The van der Waals surface area contributed by atoms with Gasteiger partial charge in [0, 0.05) is 34.3 Å². The molecule has 4 aromatic rings. The molecule has 11 heteroatoms.